The summed E-state index contributed by atoms with van der Waals surface area (Å²) >= 11 is 0. The van der Waals surface area contributed by atoms with E-state index in [4.69, 9.17) is 4.98 Å². The maximum absolute atomic E-state index is 4.70. The number of aromatic nitrogens is 2. The van der Waals surface area contributed by atoms with Crippen molar-refractivity contribution in [1.29, 1.82) is 0 Å². The summed E-state index contributed by atoms with van der Waals surface area (Å²) in [6.45, 7) is 16.1. The van der Waals surface area contributed by atoms with Crippen molar-refractivity contribution in [2.75, 3.05) is 17.2 Å². The summed E-state index contributed by atoms with van der Waals surface area (Å²) in [6, 6.07) is 2.42. The van der Waals surface area contributed by atoms with E-state index < -0.39 is 0 Å². The quantitative estimate of drug-likeness (QED) is 0.780. The summed E-state index contributed by atoms with van der Waals surface area (Å²) in [5.74, 6) is 3.42. The highest BCUT2D eigenvalue weighted by molar-refractivity contribution is 5.48. The highest BCUT2D eigenvalue weighted by Crippen LogP contribution is 2.23. The molecular weight excluding hydrogens is 260 g/mol. The normalized spacial score (nSPS) is 14.6. The molecule has 21 heavy (non-hydrogen) atoms. The minimum atomic E-state index is -0.0538. The lowest BCUT2D eigenvalue weighted by Gasteiger charge is -2.22. The van der Waals surface area contributed by atoms with Gasteiger partial charge in [0.2, 0.25) is 0 Å². The standard InChI is InChI=1S/C17H32N4/c1-8-12(3)10-13(4)19-15-11-14(18-9-2)20-16(21-15)17(5,6)7/h11-13H,8-10H2,1-7H3,(H2,18,19,20,21). The first kappa shape index (κ1) is 17.7. The Hall–Kier alpha value is -1.32. The molecule has 0 saturated carbocycles. The number of nitrogens with zero attached hydrogens (tertiary/aromatic N) is 2. The van der Waals surface area contributed by atoms with Gasteiger partial charge in [0, 0.05) is 24.1 Å². The van der Waals surface area contributed by atoms with Crippen LogP contribution in [0.3, 0.4) is 0 Å². The van der Waals surface area contributed by atoms with Gasteiger partial charge < -0.3 is 10.6 Å². The molecule has 0 saturated heterocycles. The third-order valence-corrected chi connectivity index (χ3v) is 3.60. The smallest absolute Gasteiger partial charge is 0.138 e. The van der Waals surface area contributed by atoms with Crippen LogP contribution < -0.4 is 10.6 Å². The highest BCUT2D eigenvalue weighted by Gasteiger charge is 2.19. The first-order valence-electron chi connectivity index (χ1n) is 8.16. The van der Waals surface area contributed by atoms with Crippen LogP contribution in [0.15, 0.2) is 6.07 Å². The molecule has 0 aliphatic rings. The minimum absolute atomic E-state index is 0.0538. The van der Waals surface area contributed by atoms with Crippen molar-refractivity contribution in [3.63, 3.8) is 0 Å². The monoisotopic (exact) mass is 292 g/mol. The summed E-state index contributed by atoms with van der Waals surface area (Å²) in [5, 5.41) is 6.82. The maximum Gasteiger partial charge on any atom is 0.138 e. The van der Waals surface area contributed by atoms with Crippen molar-refractivity contribution in [3.8, 4) is 0 Å². The van der Waals surface area contributed by atoms with Gasteiger partial charge in [-0.2, -0.15) is 0 Å². The fourth-order valence-electron chi connectivity index (χ4n) is 2.21. The molecule has 0 spiro atoms. The van der Waals surface area contributed by atoms with Gasteiger partial charge in [0.1, 0.15) is 17.5 Å². The second kappa shape index (κ2) is 7.62. The lowest BCUT2D eigenvalue weighted by molar-refractivity contribution is 0.482. The molecular formula is C17H32N4. The Morgan fingerprint density at radius 2 is 1.71 bits per heavy atom. The van der Waals surface area contributed by atoms with Crippen molar-refractivity contribution < 1.29 is 0 Å². The van der Waals surface area contributed by atoms with Crippen molar-refractivity contribution in [3.05, 3.63) is 11.9 Å². The molecule has 1 aromatic rings. The van der Waals surface area contributed by atoms with Crippen LogP contribution in [-0.2, 0) is 5.41 Å². The first-order chi connectivity index (χ1) is 9.76. The third-order valence-electron chi connectivity index (χ3n) is 3.60. The maximum atomic E-state index is 4.70. The zero-order valence-electron chi connectivity index (χ0n) is 14.7. The number of rotatable bonds is 7. The van der Waals surface area contributed by atoms with Crippen LogP contribution in [-0.4, -0.2) is 22.6 Å². The van der Waals surface area contributed by atoms with Crippen molar-refractivity contribution in [2.45, 2.75) is 72.8 Å². The average Bonchev–Trinajstić information content (AvgIpc) is 2.37. The van der Waals surface area contributed by atoms with E-state index in [9.17, 15) is 0 Å². The minimum Gasteiger partial charge on any atom is -0.370 e. The average molecular weight is 292 g/mol. The molecule has 0 fully saturated rings. The number of anilines is 2. The van der Waals surface area contributed by atoms with E-state index in [1.165, 1.54) is 6.42 Å². The number of hydrogen-bond donors (Lipinski definition) is 2. The molecule has 0 bridgehead atoms. The third kappa shape index (κ3) is 5.90. The summed E-state index contributed by atoms with van der Waals surface area (Å²) < 4.78 is 0. The Morgan fingerprint density at radius 1 is 1.10 bits per heavy atom. The van der Waals surface area contributed by atoms with Gasteiger partial charge in [-0.05, 0) is 26.2 Å². The second-order valence-corrected chi connectivity index (χ2v) is 7.04. The molecule has 4 nitrogen and oxygen atoms in total. The Labute approximate surface area is 130 Å². The fraction of sp³-hybridized carbons (Fsp3) is 0.765. The molecule has 1 heterocycles. The Morgan fingerprint density at radius 3 is 2.24 bits per heavy atom. The largest absolute Gasteiger partial charge is 0.370 e. The van der Waals surface area contributed by atoms with Gasteiger partial charge in [0.25, 0.3) is 0 Å². The van der Waals surface area contributed by atoms with E-state index >= 15 is 0 Å². The highest BCUT2D eigenvalue weighted by atomic mass is 15.1. The predicted octanol–water partition coefficient (Wildman–Crippen LogP) is 4.44. The van der Waals surface area contributed by atoms with E-state index in [0.717, 1.165) is 36.3 Å². The summed E-state index contributed by atoms with van der Waals surface area (Å²) in [5.41, 5.74) is -0.0538. The van der Waals surface area contributed by atoms with Gasteiger partial charge >= 0.3 is 0 Å². The van der Waals surface area contributed by atoms with Crippen LogP contribution in [0.25, 0.3) is 0 Å². The summed E-state index contributed by atoms with van der Waals surface area (Å²) in [4.78, 5) is 9.31. The van der Waals surface area contributed by atoms with Gasteiger partial charge in [-0.15, -0.1) is 0 Å². The molecule has 0 aliphatic carbocycles. The van der Waals surface area contributed by atoms with Gasteiger partial charge in [-0.3, -0.25) is 0 Å². The zero-order valence-corrected chi connectivity index (χ0v) is 14.7. The van der Waals surface area contributed by atoms with E-state index in [2.05, 4.69) is 64.1 Å². The van der Waals surface area contributed by atoms with Crippen LogP contribution in [0.5, 0.6) is 0 Å². The molecule has 1 aromatic heterocycles. The van der Waals surface area contributed by atoms with Crippen LogP contribution in [0, 0.1) is 5.92 Å². The Balaban J connectivity index is 2.92. The van der Waals surface area contributed by atoms with Gasteiger partial charge in [0.15, 0.2) is 0 Å². The van der Waals surface area contributed by atoms with Gasteiger partial charge in [-0.1, -0.05) is 41.0 Å². The van der Waals surface area contributed by atoms with Crippen LogP contribution in [0.2, 0.25) is 0 Å². The zero-order chi connectivity index (χ0) is 16.0. The lowest BCUT2D eigenvalue weighted by Crippen LogP contribution is -2.22. The van der Waals surface area contributed by atoms with E-state index in [1.807, 2.05) is 6.07 Å². The van der Waals surface area contributed by atoms with E-state index in [1.54, 1.807) is 0 Å². The SMILES string of the molecule is CCNc1cc(NC(C)CC(C)CC)nc(C(C)(C)C)n1. The topological polar surface area (TPSA) is 49.8 Å². The lowest BCUT2D eigenvalue weighted by atomic mass is 9.95. The fourth-order valence-corrected chi connectivity index (χ4v) is 2.21. The molecule has 0 radical (unpaired) electrons. The Kier molecular flexibility index (Phi) is 6.43. The molecule has 2 unspecified atom stereocenters. The van der Waals surface area contributed by atoms with Gasteiger partial charge in [0.05, 0.1) is 0 Å². The van der Waals surface area contributed by atoms with E-state index in [0.29, 0.717) is 6.04 Å². The summed E-state index contributed by atoms with van der Waals surface area (Å²) in [7, 11) is 0. The molecule has 2 N–H and O–H groups in total. The predicted molar refractivity (Wildman–Crippen MR) is 92.1 cm³/mol. The van der Waals surface area contributed by atoms with Crippen molar-refractivity contribution in [2.24, 2.45) is 5.92 Å². The van der Waals surface area contributed by atoms with Crippen molar-refractivity contribution in [1.82, 2.24) is 9.97 Å². The molecule has 0 aliphatic heterocycles. The molecule has 2 atom stereocenters. The number of hydrogen-bond acceptors (Lipinski definition) is 4. The molecule has 120 valence electrons. The molecule has 0 aromatic carbocycles. The molecule has 0 amide bonds. The second-order valence-electron chi connectivity index (χ2n) is 7.04. The van der Waals surface area contributed by atoms with Crippen LogP contribution in [0.1, 0.15) is 67.1 Å². The molecule has 1 rings (SSSR count). The van der Waals surface area contributed by atoms with Gasteiger partial charge in [-0.25, -0.2) is 9.97 Å². The summed E-state index contributed by atoms with van der Waals surface area (Å²) in [6.07, 6.45) is 2.37. The van der Waals surface area contributed by atoms with Crippen LogP contribution >= 0.6 is 0 Å². The Bertz CT molecular complexity index is 437. The van der Waals surface area contributed by atoms with Crippen molar-refractivity contribution >= 4 is 11.6 Å². The van der Waals surface area contributed by atoms with E-state index in [-0.39, 0.29) is 5.41 Å². The molecule has 4 heteroatoms. The number of nitrogens with one attached hydrogen (secondary N) is 2. The van der Waals surface area contributed by atoms with Crippen LogP contribution in [0.4, 0.5) is 11.6 Å². The first-order valence-corrected chi connectivity index (χ1v) is 8.16.